The molecule has 0 saturated carbocycles. The fourth-order valence-electron chi connectivity index (χ4n) is 2.60. The Kier molecular flexibility index (Phi) is 5.78. The van der Waals surface area contributed by atoms with Crippen LogP contribution in [-0.4, -0.2) is 17.1 Å². The summed E-state index contributed by atoms with van der Waals surface area (Å²) in [6.07, 6.45) is 4.53. The van der Waals surface area contributed by atoms with Gasteiger partial charge in [0, 0.05) is 29.0 Å². The predicted octanol–water partition coefficient (Wildman–Crippen LogP) is 5.25. The van der Waals surface area contributed by atoms with Gasteiger partial charge in [-0.15, -0.1) is 11.8 Å². The van der Waals surface area contributed by atoms with Crippen LogP contribution in [0.5, 0.6) is 0 Å². The summed E-state index contributed by atoms with van der Waals surface area (Å²) in [6, 6.07) is 14.0. The van der Waals surface area contributed by atoms with E-state index < -0.39 is 0 Å². The van der Waals surface area contributed by atoms with Crippen molar-refractivity contribution in [2.45, 2.75) is 31.6 Å². The minimum Gasteiger partial charge on any atom is -0.441 e. The molecule has 0 spiro atoms. The van der Waals surface area contributed by atoms with Gasteiger partial charge in [-0.2, -0.15) is 0 Å². The summed E-state index contributed by atoms with van der Waals surface area (Å²) >= 11 is 1.65. The zero-order chi connectivity index (χ0) is 18.5. The van der Waals surface area contributed by atoms with E-state index in [0.29, 0.717) is 18.7 Å². The van der Waals surface area contributed by atoms with Crippen LogP contribution in [0.3, 0.4) is 0 Å². The molecule has 1 heterocycles. The Morgan fingerprint density at radius 1 is 1.15 bits per heavy atom. The Morgan fingerprint density at radius 2 is 2.00 bits per heavy atom. The molecular formula is C21H22N2O2S. The van der Waals surface area contributed by atoms with Gasteiger partial charge in [0.15, 0.2) is 11.7 Å². The van der Waals surface area contributed by atoms with E-state index in [1.807, 2.05) is 36.6 Å². The summed E-state index contributed by atoms with van der Waals surface area (Å²) < 4.78 is 5.81. The molecule has 5 heteroatoms. The second-order valence-electron chi connectivity index (χ2n) is 6.20. The molecule has 0 unspecified atom stereocenters. The van der Waals surface area contributed by atoms with Gasteiger partial charge in [0.25, 0.3) is 0 Å². The maximum Gasteiger partial charge on any atom is 0.224 e. The molecule has 134 valence electrons. The highest BCUT2D eigenvalue weighted by atomic mass is 32.2. The van der Waals surface area contributed by atoms with Gasteiger partial charge in [-0.25, -0.2) is 4.98 Å². The van der Waals surface area contributed by atoms with Crippen LogP contribution >= 0.6 is 11.8 Å². The molecule has 26 heavy (non-hydrogen) atoms. The number of hydrogen-bond donors (Lipinski definition) is 1. The molecule has 0 aliphatic carbocycles. The maximum absolute atomic E-state index is 12.2. The van der Waals surface area contributed by atoms with E-state index in [9.17, 15) is 4.79 Å². The fraction of sp³-hybridized carbons (Fsp3) is 0.238. The first kappa shape index (κ1) is 18.3. The number of nitrogens with zero attached hydrogens (tertiary/aromatic N) is 1. The summed E-state index contributed by atoms with van der Waals surface area (Å²) in [7, 11) is 0. The fourth-order valence-corrected chi connectivity index (χ4v) is 3.06. The molecule has 3 aromatic rings. The van der Waals surface area contributed by atoms with Gasteiger partial charge < -0.3 is 9.73 Å². The van der Waals surface area contributed by atoms with Crippen LogP contribution in [0, 0.1) is 13.8 Å². The van der Waals surface area contributed by atoms with Gasteiger partial charge in [0.05, 0.1) is 6.20 Å². The van der Waals surface area contributed by atoms with E-state index in [2.05, 4.69) is 36.3 Å². The van der Waals surface area contributed by atoms with E-state index in [1.54, 1.807) is 18.0 Å². The Labute approximate surface area is 158 Å². The van der Waals surface area contributed by atoms with Crippen LogP contribution in [0.25, 0.3) is 11.3 Å². The summed E-state index contributed by atoms with van der Waals surface area (Å²) in [4.78, 5) is 17.6. The number of thioether (sulfide) groups is 1. The second-order valence-corrected chi connectivity index (χ2v) is 7.08. The molecule has 1 amide bonds. The monoisotopic (exact) mass is 366 g/mol. The number of rotatable bonds is 6. The van der Waals surface area contributed by atoms with Gasteiger partial charge in [-0.3, -0.25) is 4.79 Å². The molecule has 0 bridgehead atoms. The SMILES string of the molecule is CSc1cccc(NC(=O)CCc2ncc(-c3ccc(C)c(C)c3)o2)c1. The molecule has 0 radical (unpaired) electrons. The molecule has 0 fully saturated rings. The van der Waals surface area contributed by atoms with Crippen molar-refractivity contribution in [3.63, 3.8) is 0 Å². The first-order valence-electron chi connectivity index (χ1n) is 8.51. The molecule has 4 nitrogen and oxygen atoms in total. The Morgan fingerprint density at radius 3 is 2.77 bits per heavy atom. The van der Waals surface area contributed by atoms with Gasteiger partial charge >= 0.3 is 0 Å². The molecule has 1 N–H and O–H groups in total. The molecule has 1 aromatic heterocycles. The van der Waals surface area contributed by atoms with Gasteiger partial charge in [-0.1, -0.05) is 18.2 Å². The third-order valence-corrected chi connectivity index (χ3v) is 4.99. The number of nitrogens with one attached hydrogen (secondary N) is 1. The third kappa shape index (κ3) is 4.55. The zero-order valence-corrected chi connectivity index (χ0v) is 16.0. The third-order valence-electron chi connectivity index (χ3n) is 4.26. The van der Waals surface area contributed by atoms with E-state index in [-0.39, 0.29) is 5.91 Å². The summed E-state index contributed by atoms with van der Waals surface area (Å²) in [5.41, 5.74) is 4.28. The number of carbonyl (C=O) groups excluding carboxylic acids is 1. The number of hydrogen-bond acceptors (Lipinski definition) is 4. The van der Waals surface area contributed by atoms with Crippen molar-refractivity contribution in [2.24, 2.45) is 0 Å². The van der Waals surface area contributed by atoms with Crippen molar-refractivity contribution in [3.8, 4) is 11.3 Å². The van der Waals surface area contributed by atoms with Crippen molar-refractivity contribution in [2.75, 3.05) is 11.6 Å². The molecule has 3 rings (SSSR count). The number of oxazole rings is 1. The number of carbonyl (C=O) groups is 1. The lowest BCUT2D eigenvalue weighted by molar-refractivity contribution is -0.116. The van der Waals surface area contributed by atoms with Crippen molar-refractivity contribution in [3.05, 3.63) is 65.7 Å². The molecule has 0 aliphatic rings. The number of benzene rings is 2. The molecule has 0 saturated heterocycles. The smallest absolute Gasteiger partial charge is 0.224 e. The van der Waals surface area contributed by atoms with Crippen LogP contribution in [0.4, 0.5) is 5.69 Å². The molecule has 0 aliphatic heterocycles. The minimum absolute atomic E-state index is 0.0471. The van der Waals surface area contributed by atoms with E-state index >= 15 is 0 Å². The van der Waals surface area contributed by atoms with Crippen molar-refractivity contribution in [1.82, 2.24) is 4.98 Å². The van der Waals surface area contributed by atoms with Crippen LogP contribution in [0.2, 0.25) is 0 Å². The average Bonchev–Trinajstić information content (AvgIpc) is 3.11. The standard InChI is InChI=1S/C21H22N2O2S/c1-14-7-8-16(11-15(14)2)19-13-22-21(25-19)10-9-20(24)23-17-5-4-6-18(12-17)26-3/h4-8,11-13H,9-10H2,1-3H3,(H,23,24). The largest absolute Gasteiger partial charge is 0.441 e. The molecular weight excluding hydrogens is 344 g/mol. The lowest BCUT2D eigenvalue weighted by Crippen LogP contribution is -2.12. The Hall–Kier alpha value is -2.53. The number of aryl methyl sites for hydroxylation is 3. The van der Waals surface area contributed by atoms with Crippen LogP contribution in [0.1, 0.15) is 23.4 Å². The first-order valence-corrected chi connectivity index (χ1v) is 9.74. The van der Waals surface area contributed by atoms with E-state index in [4.69, 9.17) is 4.42 Å². The van der Waals surface area contributed by atoms with E-state index in [1.165, 1.54) is 11.1 Å². The minimum atomic E-state index is -0.0471. The van der Waals surface area contributed by atoms with Crippen molar-refractivity contribution >= 4 is 23.4 Å². The summed E-state index contributed by atoms with van der Waals surface area (Å²) in [5.74, 6) is 1.26. The van der Waals surface area contributed by atoms with Gasteiger partial charge in [-0.05, 0) is 55.5 Å². The molecule has 0 atom stereocenters. The second kappa shape index (κ2) is 8.23. The van der Waals surface area contributed by atoms with Gasteiger partial charge in [0.1, 0.15) is 0 Å². The van der Waals surface area contributed by atoms with Crippen molar-refractivity contribution < 1.29 is 9.21 Å². The highest BCUT2D eigenvalue weighted by molar-refractivity contribution is 7.98. The summed E-state index contributed by atoms with van der Waals surface area (Å²) in [6.45, 7) is 4.16. The highest BCUT2D eigenvalue weighted by Crippen LogP contribution is 2.23. The van der Waals surface area contributed by atoms with E-state index in [0.717, 1.165) is 21.9 Å². The lowest BCUT2D eigenvalue weighted by Gasteiger charge is -2.05. The number of anilines is 1. The summed E-state index contributed by atoms with van der Waals surface area (Å²) in [5, 5.41) is 2.92. The normalized spacial score (nSPS) is 10.7. The topological polar surface area (TPSA) is 55.1 Å². The molecule has 2 aromatic carbocycles. The lowest BCUT2D eigenvalue weighted by atomic mass is 10.1. The van der Waals surface area contributed by atoms with Crippen molar-refractivity contribution in [1.29, 1.82) is 0 Å². The highest BCUT2D eigenvalue weighted by Gasteiger charge is 2.10. The van der Waals surface area contributed by atoms with Crippen LogP contribution < -0.4 is 5.32 Å². The Balaban J connectivity index is 1.59. The zero-order valence-electron chi connectivity index (χ0n) is 15.2. The van der Waals surface area contributed by atoms with Crippen LogP contribution in [-0.2, 0) is 11.2 Å². The Bertz CT molecular complexity index is 918. The number of aromatic nitrogens is 1. The average molecular weight is 366 g/mol. The quantitative estimate of drug-likeness (QED) is 0.605. The maximum atomic E-state index is 12.2. The van der Waals surface area contributed by atoms with Gasteiger partial charge in [0.2, 0.25) is 5.91 Å². The van der Waals surface area contributed by atoms with Crippen LogP contribution in [0.15, 0.2) is 58.0 Å². The first-order chi connectivity index (χ1) is 12.5. The predicted molar refractivity (Wildman–Crippen MR) is 107 cm³/mol. The number of amides is 1.